The van der Waals surface area contributed by atoms with Crippen LogP contribution in [0, 0.1) is 5.41 Å². The molecule has 1 aromatic rings. The van der Waals surface area contributed by atoms with Crippen LogP contribution in [0.1, 0.15) is 43.6 Å². The molecule has 1 amide bonds. The summed E-state index contributed by atoms with van der Waals surface area (Å²) in [5.74, 6) is -1.01. The fraction of sp³-hybridized carbons (Fsp3) is 0.500. The Morgan fingerprint density at radius 2 is 2.05 bits per heavy atom. The zero-order valence-electron chi connectivity index (χ0n) is 11.6. The summed E-state index contributed by atoms with van der Waals surface area (Å²) < 4.78 is 0.823. The molecule has 1 heterocycles. The van der Waals surface area contributed by atoms with Crippen LogP contribution >= 0.6 is 15.9 Å². The van der Waals surface area contributed by atoms with Gasteiger partial charge in [0.05, 0.1) is 0 Å². The molecule has 0 unspecified atom stereocenters. The predicted molar refractivity (Wildman–Crippen MR) is 79.5 cm³/mol. The standard InChI is InChI=1S/C14H19BrN2O3/c1-14(2,6-5-12(18)19)7-8-16-13(20)11-4-3-10(15)9-17-11/h3-4,9H,5-8H2,1-2H3,(H,16,20)(H,18,19). The van der Waals surface area contributed by atoms with E-state index in [2.05, 4.69) is 26.2 Å². The molecule has 0 aliphatic heterocycles. The van der Waals surface area contributed by atoms with Crippen LogP contribution in [-0.2, 0) is 4.79 Å². The minimum absolute atomic E-state index is 0.112. The van der Waals surface area contributed by atoms with Crippen molar-refractivity contribution in [2.45, 2.75) is 33.1 Å². The number of rotatable bonds is 7. The highest BCUT2D eigenvalue weighted by Gasteiger charge is 2.19. The molecule has 0 bridgehead atoms. The molecule has 20 heavy (non-hydrogen) atoms. The van der Waals surface area contributed by atoms with Crippen LogP contribution in [0.2, 0.25) is 0 Å². The Bertz CT molecular complexity index is 472. The van der Waals surface area contributed by atoms with Crippen LogP contribution in [0.3, 0.4) is 0 Å². The lowest BCUT2D eigenvalue weighted by molar-refractivity contribution is -0.137. The highest BCUT2D eigenvalue weighted by atomic mass is 79.9. The maximum Gasteiger partial charge on any atom is 0.303 e. The van der Waals surface area contributed by atoms with E-state index in [1.54, 1.807) is 18.3 Å². The normalized spacial score (nSPS) is 11.2. The smallest absolute Gasteiger partial charge is 0.303 e. The lowest BCUT2D eigenvalue weighted by Crippen LogP contribution is -2.29. The molecule has 2 N–H and O–H groups in total. The topological polar surface area (TPSA) is 79.3 Å². The Hall–Kier alpha value is -1.43. The van der Waals surface area contributed by atoms with Crippen LogP contribution in [0.25, 0.3) is 0 Å². The zero-order chi connectivity index (χ0) is 15.2. The van der Waals surface area contributed by atoms with Crippen LogP contribution in [0.5, 0.6) is 0 Å². The molecule has 0 spiro atoms. The summed E-state index contributed by atoms with van der Waals surface area (Å²) in [5, 5.41) is 11.5. The third-order valence-corrected chi connectivity index (χ3v) is 3.53. The van der Waals surface area contributed by atoms with Gasteiger partial charge in [-0.05, 0) is 46.3 Å². The number of halogens is 1. The van der Waals surface area contributed by atoms with E-state index in [1.807, 2.05) is 13.8 Å². The predicted octanol–water partition coefficient (Wildman–Crippen LogP) is 2.86. The molecule has 5 nitrogen and oxygen atoms in total. The quantitative estimate of drug-likeness (QED) is 0.798. The number of carboxylic acids is 1. The van der Waals surface area contributed by atoms with E-state index in [0.717, 1.165) is 10.9 Å². The van der Waals surface area contributed by atoms with Gasteiger partial charge in [0.25, 0.3) is 5.91 Å². The molecule has 0 saturated carbocycles. The summed E-state index contributed by atoms with van der Waals surface area (Å²) in [5.41, 5.74) is 0.260. The molecule has 0 radical (unpaired) electrons. The van der Waals surface area contributed by atoms with E-state index in [-0.39, 0.29) is 17.7 Å². The number of aromatic nitrogens is 1. The summed E-state index contributed by atoms with van der Waals surface area (Å²) in [4.78, 5) is 26.4. The van der Waals surface area contributed by atoms with E-state index in [1.165, 1.54) is 0 Å². The second kappa shape index (κ2) is 7.38. The van der Waals surface area contributed by atoms with Crippen molar-refractivity contribution < 1.29 is 14.7 Å². The lowest BCUT2D eigenvalue weighted by atomic mass is 9.84. The summed E-state index contributed by atoms with van der Waals surface area (Å²) in [7, 11) is 0. The summed E-state index contributed by atoms with van der Waals surface area (Å²) >= 11 is 3.26. The third-order valence-electron chi connectivity index (χ3n) is 3.06. The first-order valence-corrected chi connectivity index (χ1v) is 7.21. The minimum atomic E-state index is -0.791. The number of carbonyl (C=O) groups excluding carboxylic acids is 1. The van der Waals surface area contributed by atoms with Gasteiger partial charge in [-0.2, -0.15) is 0 Å². The second-order valence-corrected chi connectivity index (χ2v) is 6.34. The van der Waals surface area contributed by atoms with Crippen LogP contribution < -0.4 is 5.32 Å². The maximum absolute atomic E-state index is 11.8. The van der Waals surface area contributed by atoms with E-state index in [4.69, 9.17) is 5.11 Å². The highest BCUT2D eigenvalue weighted by molar-refractivity contribution is 9.10. The van der Waals surface area contributed by atoms with Crippen LogP contribution in [0.4, 0.5) is 0 Å². The SMILES string of the molecule is CC(C)(CCNC(=O)c1ccc(Br)cn1)CCC(=O)O. The number of nitrogens with one attached hydrogen (secondary N) is 1. The molecule has 6 heteroatoms. The third kappa shape index (κ3) is 6.14. The number of amides is 1. The van der Waals surface area contributed by atoms with E-state index >= 15 is 0 Å². The van der Waals surface area contributed by atoms with Crippen molar-refractivity contribution in [1.29, 1.82) is 0 Å². The van der Waals surface area contributed by atoms with Crippen molar-refractivity contribution in [2.24, 2.45) is 5.41 Å². The molecule has 0 atom stereocenters. The molecule has 110 valence electrons. The van der Waals surface area contributed by atoms with Gasteiger partial charge in [0.2, 0.25) is 0 Å². The van der Waals surface area contributed by atoms with Crippen molar-refractivity contribution >= 4 is 27.8 Å². The number of hydrogen-bond donors (Lipinski definition) is 2. The number of pyridine rings is 1. The Kier molecular flexibility index (Phi) is 6.13. The number of nitrogens with zero attached hydrogens (tertiary/aromatic N) is 1. The molecule has 0 saturated heterocycles. The maximum atomic E-state index is 11.8. The molecule has 1 aromatic heterocycles. The van der Waals surface area contributed by atoms with Gasteiger partial charge in [0.15, 0.2) is 0 Å². The van der Waals surface area contributed by atoms with Gasteiger partial charge in [0.1, 0.15) is 5.69 Å². The second-order valence-electron chi connectivity index (χ2n) is 5.43. The molecule has 0 fully saturated rings. The van der Waals surface area contributed by atoms with Gasteiger partial charge in [0, 0.05) is 23.6 Å². The van der Waals surface area contributed by atoms with Crippen molar-refractivity contribution in [3.05, 3.63) is 28.5 Å². The lowest BCUT2D eigenvalue weighted by Gasteiger charge is -2.23. The van der Waals surface area contributed by atoms with Gasteiger partial charge in [-0.3, -0.25) is 9.59 Å². The Balaban J connectivity index is 2.38. The van der Waals surface area contributed by atoms with Gasteiger partial charge < -0.3 is 10.4 Å². The zero-order valence-corrected chi connectivity index (χ0v) is 13.2. The minimum Gasteiger partial charge on any atom is -0.481 e. The average Bonchev–Trinajstić information content (AvgIpc) is 2.37. The molecular weight excluding hydrogens is 324 g/mol. The fourth-order valence-corrected chi connectivity index (χ4v) is 1.92. The first kappa shape index (κ1) is 16.6. The Morgan fingerprint density at radius 1 is 1.35 bits per heavy atom. The number of hydrogen-bond acceptors (Lipinski definition) is 3. The molecule has 0 aliphatic rings. The van der Waals surface area contributed by atoms with Crippen LogP contribution in [0.15, 0.2) is 22.8 Å². The molecule has 1 rings (SSSR count). The molecule has 0 aromatic carbocycles. The monoisotopic (exact) mass is 342 g/mol. The Morgan fingerprint density at radius 3 is 2.60 bits per heavy atom. The van der Waals surface area contributed by atoms with Gasteiger partial charge >= 0.3 is 5.97 Å². The van der Waals surface area contributed by atoms with Gasteiger partial charge in [-0.15, -0.1) is 0 Å². The Labute approximate surface area is 126 Å². The van der Waals surface area contributed by atoms with Crippen LogP contribution in [-0.4, -0.2) is 28.5 Å². The first-order chi connectivity index (χ1) is 9.30. The van der Waals surface area contributed by atoms with Gasteiger partial charge in [-0.25, -0.2) is 4.98 Å². The molecular formula is C14H19BrN2O3. The summed E-state index contributed by atoms with van der Waals surface area (Å²) in [6.07, 6.45) is 3.04. The fourth-order valence-electron chi connectivity index (χ4n) is 1.69. The van der Waals surface area contributed by atoms with E-state index in [0.29, 0.717) is 18.7 Å². The van der Waals surface area contributed by atoms with Gasteiger partial charge in [-0.1, -0.05) is 13.8 Å². The van der Waals surface area contributed by atoms with Crippen molar-refractivity contribution in [3.8, 4) is 0 Å². The van der Waals surface area contributed by atoms with Crippen molar-refractivity contribution in [2.75, 3.05) is 6.54 Å². The summed E-state index contributed by atoms with van der Waals surface area (Å²) in [6, 6.07) is 3.41. The van der Waals surface area contributed by atoms with Crippen molar-refractivity contribution in [3.63, 3.8) is 0 Å². The first-order valence-electron chi connectivity index (χ1n) is 6.42. The summed E-state index contributed by atoms with van der Waals surface area (Å²) in [6.45, 7) is 4.50. The average molecular weight is 343 g/mol. The number of carboxylic acid groups (broad SMARTS) is 1. The molecule has 0 aliphatic carbocycles. The van der Waals surface area contributed by atoms with E-state index in [9.17, 15) is 9.59 Å². The largest absolute Gasteiger partial charge is 0.481 e. The van der Waals surface area contributed by atoms with E-state index < -0.39 is 5.97 Å². The number of carbonyl (C=O) groups is 2. The number of aliphatic carboxylic acids is 1. The van der Waals surface area contributed by atoms with Crippen molar-refractivity contribution in [1.82, 2.24) is 10.3 Å². The highest BCUT2D eigenvalue weighted by Crippen LogP contribution is 2.26.